The van der Waals surface area contributed by atoms with Gasteiger partial charge < -0.3 is 14.2 Å². The second kappa shape index (κ2) is 10.6. The lowest BCUT2D eigenvalue weighted by molar-refractivity contribution is -0.138. The Morgan fingerprint density at radius 3 is 2.57 bits per heavy atom. The Morgan fingerprint density at radius 2 is 1.89 bits per heavy atom. The predicted octanol–water partition coefficient (Wildman–Crippen LogP) is 4.01. The molecule has 1 unspecified atom stereocenters. The maximum Gasteiger partial charge on any atom is 0.338 e. The van der Waals surface area contributed by atoms with Crippen LogP contribution in [-0.4, -0.2) is 31.4 Å². The van der Waals surface area contributed by atoms with Crippen molar-refractivity contribution in [2.24, 2.45) is 4.99 Å². The predicted molar refractivity (Wildman–Crippen MR) is 145 cm³/mol. The summed E-state index contributed by atoms with van der Waals surface area (Å²) in [6.45, 7) is 1.97. The number of thiazole rings is 1. The summed E-state index contributed by atoms with van der Waals surface area (Å²) in [4.78, 5) is 33.4. The molecule has 0 saturated heterocycles. The normalized spacial score (nSPS) is 15.2. The van der Waals surface area contributed by atoms with E-state index in [4.69, 9.17) is 19.2 Å². The number of hydrogen-bond acceptors (Lipinski definition) is 8. The van der Waals surface area contributed by atoms with Crippen LogP contribution in [0.2, 0.25) is 0 Å². The number of aromatic nitrogens is 1. The van der Waals surface area contributed by atoms with Crippen molar-refractivity contribution in [3.8, 4) is 11.5 Å². The van der Waals surface area contributed by atoms with E-state index in [0.29, 0.717) is 32.1 Å². The summed E-state index contributed by atoms with van der Waals surface area (Å²) in [5.41, 5.74) is 2.12. The van der Waals surface area contributed by atoms with Crippen molar-refractivity contribution in [1.29, 1.82) is 0 Å². The fourth-order valence-electron chi connectivity index (χ4n) is 4.24. The number of esters is 1. The van der Waals surface area contributed by atoms with Gasteiger partial charge in [-0.05, 0) is 36.6 Å². The molecule has 0 amide bonds. The third-order valence-corrected chi connectivity index (χ3v) is 7.82. The third-order valence-electron chi connectivity index (χ3n) is 5.91. The number of hydrogen-bond donors (Lipinski definition) is 0. The number of nitrogens with zero attached hydrogens (tertiary/aromatic N) is 2. The van der Waals surface area contributed by atoms with E-state index in [-0.39, 0.29) is 12.2 Å². The van der Waals surface area contributed by atoms with Crippen molar-refractivity contribution in [2.45, 2.75) is 13.0 Å². The van der Waals surface area contributed by atoms with E-state index in [1.165, 1.54) is 22.7 Å². The lowest BCUT2D eigenvalue weighted by Gasteiger charge is -2.24. The Hall–Kier alpha value is -3.95. The zero-order valence-electron chi connectivity index (χ0n) is 20.5. The molecular weight excluding hydrogens is 508 g/mol. The molecule has 7 nitrogen and oxygen atoms in total. The molecule has 4 aromatic rings. The van der Waals surface area contributed by atoms with Crippen LogP contribution >= 0.6 is 22.7 Å². The highest BCUT2D eigenvalue weighted by atomic mass is 32.1. The average molecular weight is 533 g/mol. The zero-order valence-corrected chi connectivity index (χ0v) is 22.1. The minimum absolute atomic E-state index is 0.212. The second-order valence-corrected chi connectivity index (χ2v) is 10.0. The summed E-state index contributed by atoms with van der Waals surface area (Å²) in [5.74, 6) is 0.742. The van der Waals surface area contributed by atoms with E-state index >= 15 is 0 Å². The number of rotatable bonds is 7. The Morgan fingerprint density at radius 1 is 1.08 bits per heavy atom. The molecule has 0 bridgehead atoms. The van der Waals surface area contributed by atoms with E-state index in [1.807, 2.05) is 60.0 Å². The molecule has 1 aliphatic rings. The van der Waals surface area contributed by atoms with Gasteiger partial charge in [-0.3, -0.25) is 9.36 Å². The van der Waals surface area contributed by atoms with Gasteiger partial charge in [0.2, 0.25) is 0 Å². The highest BCUT2D eigenvalue weighted by Crippen LogP contribution is 2.36. The maximum atomic E-state index is 13.9. The van der Waals surface area contributed by atoms with Gasteiger partial charge in [-0.1, -0.05) is 47.7 Å². The number of thiophene rings is 1. The molecule has 0 aliphatic carbocycles. The molecule has 0 saturated carbocycles. The minimum atomic E-state index is -0.662. The van der Waals surface area contributed by atoms with Crippen LogP contribution in [0.15, 0.2) is 81.4 Å². The molecule has 0 fully saturated rings. The number of ether oxygens (including phenoxy) is 3. The van der Waals surface area contributed by atoms with E-state index in [1.54, 1.807) is 37.9 Å². The largest absolute Gasteiger partial charge is 0.497 e. The van der Waals surface area contributed by atoms with Gasteiger partial charge in [0.25, 0.3) is 5.56 Å². The molecule has 0 N–H and O–H groups in total. The lowest BCUT2D eigenvalue weighted by atomic mass is 9.97. The molecule has 1 atom stereocenters. The Kier molecular flexibility index (Phi) is 7.07. The molecule has 37 heavy (non-hydrogen) atoms. The molecule has 0 spiro atoms. The summed E-state index contributed by atoms with van der Waals surface area (Å²) in [5, 5.41) is 1.93. The van der Waals surface area contributed by atoms with E-state index in [2.05, 4.69) is 0 Å². The van der Waals surface area contributed by atoms with Crippen molar-refractivity contribution in [2.75, 3.05) is 20.8 Å². The first-order chi connectivity index (χ1) is 18.0. The van der Waals surface area contributed by atoms with Crippen LogP contribution in [0.3, 0.4) is 0 Å². The third kappa shape index (κ3) is 4.63. The van der Waals surface area contributed by atoms with Crippen molar-refractivity contribution >= 4 is 40.4 Å². The Balaban J connectivity index is 1.79. The highest BCUT2D eigenvalue weighted by molar-refractivity contribution is 7.10. The van der Waals surface area contributed by atoms with Crippen LogP contribution in [0.5, 0.6) is 11.5 Å². The second-order valence-electron chi connectivity index (χ2n) is 8.05. The number of carbonyl (C=O) groups excluding carboxylic acids is 1. The molecule has 2 aromatic heterocycles. The summed E-state index contributed by atoms with van der Waals surface area (Å²) < 4.78 is 18.4. The minimum Gasteiger partial charge on any atom is -0.497 e. The van der Waals surface area contributed by atoms with Gasteiger partial charge in [-0.25, -0.2) is 9.79 Å². The van der Waals surface area contributed by atoms with Crippen molar-refractivity contribution in [3.63, 3.8) is 0 Å². The highest BCUT2D eigenvalue weighted by Gasteiger charge is 2.35. The molecular formula is C28H24N2O5S2. The summed E-state index contributed by atoms with van der Waals surface area (Å²) in [6, 6.07) is 18.1. The van der Waals surface area contributed by atoms with Gasteiger partial charge in [-0.2, -0.15) is 0 Å². The number of benzene rings is 2. The van der Waals surface area contributed by atoms with Crippen LogP contribution in [0.4, 0.5) is 0 Å². The van der Waals surface area contributed by atoms with Gasteiger partial charge in [0.1, 0.15) is 17.5 Å². The van der Waals surface area contributed by atoms with E-state index in [9.17, 15) is 9.59 Å². The number of carbonyl (C=O) groups is 1. The fourth-order valence-corrected chi connectivity index (χ4v) is 6.05. The SMILES string of the molecule is CCOC(=O)C1=C(c2ccccc2)N=c2sc(=Cc3ccc(OC)cc3OC)c(=O)n2C1c1cccs1. The van der Waals surface area contributed by atoms with Crippen LogP contribution in [0.25, 0.3) is 11.8 Å². The van der Waals surface area contributed by atoms with Gasteiger partial charge in [0, 0.05) is 22.1 Å². The smallest absolute Gasteiger partial charge is 0.338 e. The van der Waals surface area contributed by atoms with Crippen molar-refractivity contribution < 1.29 is 19.0 Å². The monoisotopic (exact) mass is 532 g/mol. The average Bonchev–Trinajstić information content (AvgIpc) is 3.57. The molecule has 5 rings (SSSR count). The first-order valence-corrected chi connectivity index (χ1v) is 13.3. The van der Waals surface area contributed by atoms with Crippen molar-refractivity contribution in [1.82, 2.24) is 4.57 Å². The Bertz CT molecular complexity index is 1650. The van der Waals surface area contributed by atoms with Crippen LogP contribution < -0.4 is 24.4 Å². The van der Waals surface area contributed by atoms with Gasteiger partial charge in [0.15, 0.2) is 4.80 Å². The fraction of sp³-hybridized carbons (Fsp3) is 0.179. The topological polar surface area (TPSA) is 79.1 Å². The van der Waals surface area contributed by atoms with Crippen LogP contribution in [-0.2, 0) is 9.53 Å². The molecule has 3 heterocycles. The van der Waals surface area contributed by atoms with Gasteiger partial charge in [-0.15, -0.1) is 11.3 Å². The van der Waals surface area contributed by atoms with Gasteiger partial charge in [0.05, 0.1) is 36.6 Å². The maximum absolute atomic E-state index is 13.9. The molecule has 9 heteroatoms. The quantitative estimate of drug-likeness (QED) is 0.336. The van der Waals surface area contributed by atoms with Crippen LogP contribution in [0.1, 0.15) is 29.0 Å². The molecule has 2 aromatic carbocycles. The van der Waals surface area contributed by atoms with E-state index < -0.39 is 12.0 Å². The first kappa shape index (κ1) is 24.7. The number of fused-ring (bicyclic) bond motifs is 1. The molecule has 0 radical (unpaired) electrons. The first-order valence-electron chi connectivity index (χ1n) is 11.6. The van der Waals surface area contributed by atoms with Gasteiger partial charge >= 0.3 is 5.97 Å². The number of methoxy groups -OCH3 is 2. The van der Waals surface area contributed by atoms with Crippen LogP contribution in [0, 0.1) is 0 Å². The molecule has 188 valence electrons. The molecule has 1 aliphatic heterocycles. The zero-order chi connectivity index (χ0) is 25.9. The summed E-state index contributed by atoms with van der Waals surface area (Å²) in [7, 11) is 3.16. The van der Waals surface area contributed by atoms with E-state index in [0.717, 1.165) is 16.0 Å². The Labute approximate surface area is 221 Å². The lowest BCUT2D eigenvalue weighted by Crippen LogP contribution is -2.39. The summed E-state index contributed by atoms with van der Waals surface area (Å²) in [6.07, 6.45) is 1.78. The standard InChI is InChI=1S/C28H24N2O5S2/c1-4-35-27(32)23-24(17-9-6-5-7-10-17)29-28-30(25(23)21-11-8-14-36-21)26(31)22(37-28)15-18-12-13-19(33-2)16-20(18)34-3/h5-16,25H,4H2,1-3H3. The summed E-state index contributed by atoms with van der Waals surface area (Å²) >= 11 is 2.75. The van der Waals surface area contributed by atoms with Crippen molar-refractivity contribution in [3.05, 3.63) is 107 Å².